The van der Waals surface area contributed by atoms with Crippen LogP contribution in [0.15, 0.2) is 60.7 Å². The second-order valence-electron chi connectivity index (χ2n) is 13.4. The van der Waals surface area contributed by atoms with Gasteiger partial charge < -0.3 is 30.5 Å². The summed E-state index contributed by atoms with van der Waals surface area (Å²) < 4.78 is 11.5. The predicted molar refractivity (Wildman–Crippen MR) is 182 cm³/mol. The first-order chi connectivity index (χ1) is 23.3. The number of fused-ring (bicyclic) bond motifs is 3. The van der Waals surface area contributed by atoms with E-state index in [2.05, 4.69) is 40.2 Å². The van der Waals surface area contributed by atoms with Crippen LogP contribution in [0.25, 0.3) is 11.1 Å². The number of carbonyl (C=O) groups excluding carboxylic acids is 4. The van der Waals surface area contributed by atoms with Crippen LogP contribution < -0.4 is 16.0 Å². The fraction of sp³-hybridized carbons (Fsp3) is 0.526. The Kier molecular flexibility index (Phi) is 12.7. The summed E-state index contributed by atoms with van der Waals surface area (Å²) in [6, 6.07) is 14.4. The van der Waals surface area contributed by atoms with E-state index in [-0.39, 0.29) is 50.4 Å². The Hall–Kier alpha value is -4.18. The topological polar surface area (TPSA) is 143 Å². The smallest absolute Gasteiger partial charge is 0.407 e. The summed E-state index contributed by atoms with van der Waals surface area (Å²) in [6.45, 7) is 1.60. The molecule has 3 amide bonds. The first kappa shape index (κ1) is 35.1. The molecule has 4 unspecified atom stereocenters. The molecule has 2 aromatic carbocycles. The molecule has 5 rings (SSSR count). The molecule has 2 aliphatic carbocycles. The quantitative estimate of drug-likeness (QED) is 0.216. The van der Waals surface area contributed by atoms with Crippen molar-refractivity contribution >= 4 is 23.9 Å². The van der Waals surface area contributed by atoms with Gasteiger partial charge in [-0.25, -0.2) is 9.59 Å². The number of carbonyl (C=O) groups is 4. The maximum absolute atomic E-state index is 13.5. The van der Waals surface area contributed by atoms with Gasteiger partial charge in [0.1, 0.15) is 19.3 Å². The minimum Gasteiger partial charge on any atom is -0.462 e. The van der Waals surface area contributed by atoms with E-state index in [1.54, 1.807) is 6.92 Å². The highest BCUT2D eigenvalue weighted by Gasteiger charge is 2.31. The van der Waals surface area contributed by atoms with Crippen LogP contribution in [-0.2, 0) is 23.9 Å². The minimum atomic E-state index is -0.932. The van der Waals surface area contributed by atoms with Gasteiger partial charge in [-0.3, -0.25) is 9.59 Å². The molecular formula is C38H49N3O7. The van der Waals surface area contributed by atoms with Gasteiger partial charge in [-0.05, 0) is 60.8 Å². The number of aliphatic hydroxyl groups is 1. The number of nitrogens with one attached hydrogen (secondary N) is 3. The van der Waals surface area contributed by atoms with Gasteiger partial charge in [0, 0.05) is 18.4 Å². The molecule has 1 aliphatic heterocycles. The first-order valence-corrected chi connectivity index (χ1v) is 17.5. The molecule has 3 aliphatic rings. The average molecular weight is 660 g/mol. The summed E-state index contributed by atoms with van der Waals surface area (Å²) in [6.07, 6.45) is 10.3. The number of esters is 1. The highest BCUT2D eigenvalue weighted by Crippen LogP contribution is 2.44. The monoisotopic (exact) mass is 659 g/mol. The Morgan fingerprint density at radius 2 is 1.67 bits per heavy atom. The van der Waals surface area contributed by atoms with E-state index in [9.17, 15) is 24.3 Å². The molecule has 4 N–H and O–H groups in total. The normalized spacial score (nSPS) is 22.8. The summed E-state index contributed by atoms with van der Waals surface area (Å²) >= 11 is 0. The Labute approximate surface area is 283 Å². The van der Waals surface area contributed by atoms with Gasteiger partial charge in [0.25, 0.3) is 0 Å². The molecule has 1 fully saturated rings. The molecule has 0 bridgehead atoms. The molecule has 1 saturated carbocycles. The summed E-state index contributed by atoms with van der Waals surface area (Å²) in [5, 5.41) is 17.9. The number of amides is 3. The third kappa shape index (κ3) is 9.46. The van der Waals surface area contributed by atoms with Crippen molar-refractivity contribution in [1.82, 2.24) is 16.0 Å². The summed E-state index contributed by atoms with van der Waals surface area (Å²) in [4.78, 5) is 52.7. The van der Waals surface area contributed by atoms with Crippen LogP contribution >= 0.6 is 0 Å². The molecule has 10 heteroatoms. The molecule has 0 spiro atoms. The van der Waals surface area contributed by atoms with E-state index in [1.807, 2.05) is 36.4 Å². The fourth-order valence-corrected chi connectivity index (χ4v) is 7.15. The largest absolute Gasteiger partial charge is 0.462 e. The van der Waals surface area contributed by atoms with Crippen molar-refractivity contribution in [2.75, 3.05) is 19.8 Å². The maximum atomic E-state index is 13.5. The number of alkyl carbamates (subject to hydrolysis) is 1. The minimum absolute atomic E-state index is 0.0254. The van der Waals surface area contributed by atoms with E-state index in [0.29, 0.717) is 25.2 Å². The number of benzene rings is 2. The predicted octanol–water partition coefficient (Wildman–Crippen LogP) is 5.14. The third-order valence-corrected chi connectivity index (χ3v) is 9.73. The SMILES string of the molecule is CC(CO)NC(=O)CC1CC=CCCC(NC(=O)OCC2c3ccccc3-c3ccccc32)C(=O)OCC(CC2CCCCC2)NC1=O. The Morgan fingerprint density at radius 3 is 2.35 bits per heavy atom. The first-order valence-electron chi connectivity index (χ1n) is 17.5. The maximum Gasteiger partial charge on any atom is 0.407 e. The molecule has 2 aromatic rings. The standard InChI is InChI=1S/C38H49N3O7/c1-25(22-42)39-35(43)21-27-14-6-3-7-19-34(37(45)47-23-28(40-36(27)44)20-26-12-4-2-5-13-26)41-38(46)48-24-33-31-17-10-8-15-29(31)30-16-9-11-18-32(30)33/h3,6,8-11,15-18,25-28,33-34,42H,2,4-5,7,12-14,19-24H2,1H3,(H,39,43)(H,40,44)(H,41,46). The number of allylic oxidation sites excluding steroid dienone is 2. The molecule has 48 heavy (non-hydrogen) atoms. The molecule has 0 saturated heterocycles. The molecule has 4 atom stereocenters. The van der Waals surface area contributed by atoms with Crippen molar-refractivity contribution in [1.29, 1.82) is 0 Å². The molecular weight excluding hydrogens is 610 g/mol. The zero-order chi connectivity index (χ0) is 33.9. The lowest BCUT2D eigenvalue weighted by Gasteiger charge is -2.28. The molecule has 0 aromatic heterocycles. The fourth-order valence-electron chi connectivity index (χ4n) is 7.15. The van der Waals surface area contributed by atoms with Crippen LogP contribution in [-0.4, -0.2) is 66.9 Å². The van der Waals surface area contributed by atoms with Crippen molar-refractivity contribution < 1.29 is 33.8 Å². The summed E-state index contributed by atoms with van der Waals surface area (Å²) in [5.41, 5.74) is 4.46. The van der Waals surface area contributed by atoms with Crippen molar-refractivity contribution in [3.05, 3.63) is 71.8 Å². The lowest BCUT2D eigenvalue weighted by atomic mass is 9.84. The van der Waals surface area contributed by atoms with Gasteiger partial charge >= 0.3 is 12.1 Å². The number of rotatable bonds is 9. The van der Waals surface area contributed by atoms with Crippen LogP contribution in [0.3, 0.4) is 0 Å². The lowest BCUT2D eigenvalue weighted by Crippen LogP contribution is -2.47. The van der Waals surface area contributed by atoms with Gasteiger partial charge in [0.15, 0.2) is 0 Å². The Balaban J connectivity index is 1.25. The number of hydrogen-bond donors (Lipinski definition) is 4. The second-order valence-corrected chi connectivity index (χ2v) is 13.4. The van der Waals surface area contributed by atoms with Crippen LogP contribution in [0.4, 0.5) is 4.79 Å². The van der Waals surface area contributed by atoms with Gasteiger partial charge in [-0.2, -0.15) is 0 Å². The Bertz CT molecular complexity index is 1410. The van der Waals surface area contributed by atoms with Crippen LogP contribution in [0.2, 0.25) is 0 Å². The van der Waals surface area contributed by atoms with E-state index < -0.39 is 36.1 Å². The summed E-state index contributed by atoms with van der Waals surface area (Å²) in [5.74, 6) is -1.47. The van der Waals surface area contributed by atoms with Crippen LogP contribution in [0, 0.1) is 11.8 Å². The number of ether oxygens (including phenoxy) is 2. The van der Waals surface area contributed by atoms with Crippen LogP contribution in [0.5, 0.6) is 0 Å². The number of aliphatic hydroxyl groups excluding tert-OH is 1. The van der Waals surface area contributed by atoms with Gasteiger partial charge in [0.2, 0.25) is 11.8 Å². The average Bonchev–Trinajstić information content (AvgIpc) is 3.42. The highest BCUT2D eigenvalue weighted by molar-refractivity contribution is 5.86. The third-order valence-electron chi connectivity index (χ3n) is 9.73. The van der Waals surface area contributed by atoms with Crippen molar-refractivity contribution in [2.24, 2.45) is 11.8 Å². The second kappa shape index (κ2) is 17.3. The summed E-state index contributed by atoms with van der Waals surface area (Å²) in [7, 11) is 0. The molecule has 258 valence electrons. The van der Waals surface area contributed by atoms with Gasteiger partial charge in [0.05, 0.1) is 18.6 Å². The van der Waals surface area contributed by atoms with E-state index in [0.717, 1.165) is 47.9 Å². The number of cyclic esters (lactones) is 1. The van der Waals surface area contributed by atoms with E-state index in [1.165, 1.54) is 6.42 Å². The van der Waals surface area contributed by atoms with Crippen LogP contribution in [0.1, 0.15) is 88.2 Å². The van der Waals surface area contributed by atoms with Gasteiger partial charge in [-0.15, -0.1) is 0 Å². The van der Waals surface area contributed by atoms with E-state index in [4.69, 9.17) is 9.47 Å². The zero-order valence-corrected chi connectivity index (χ0v) is 27.8. The molecule has 10 nitrogen and oxygen atoms in total. The zero-order valence-electron chi connectivity index (χ0n) is 27.8. The lowest BCUT2D eigenvalue weighted by molar-refractivity contribution is -0.148. The van der Waals surface area contributed by atoms with Crippen molar-refractivity contribution in [2.45, 2.75) is 95.2 Å². The van der Waals surface area contributed by atoms with E-state index >= 15 is 0 Å². The Morgan fingerprint density at radius 1 is 0.979 bits per heavy atom. The number of hydrogen-bond acceptors (Lipinski definition) is 7. The molecule has 0 radical (unpaired) electrons. The van der Waals surface area contributed by atoms with Gasteiger partial charge in [-0.1, -0.05) is 92.8 Å². The van der Waals surface area contributed by atoms with Crippen molar-refractivity contribution in [3.63, 3.8) is 0 Å². The molecule has 1 heterocycles. The highest BCUT2D eigenvalue weighted by atomic mass is 16.6. The van der Waals surface area contributed by atoms with Crippen molar-refractivity contribution in [3.8, 4) is 11.1 Å².